The number of hydrogen-bond donors (Lipinski definition) is 0. The first-order chi connectivity index (χ1) is 11.6. The summed E-state index contributed by atoms with van der Waals surface area (Å²) in [5.41, 5.74) is 0.466. The second-order valence-corrected chi connectivity index (χ2v) is 5.10. The zero-order valence-electron chi connectivity index (χ0n) is 15.1. The minimum Gasteiger partial charge on any atom is -0.493 e. The summed E-state index contributed by atoms with van der Waals surface area (Å²) in [5.74, 6) is 0.478. The molecule has 1 amide bonds. The minimum absolute atomic E-state index is 0.198. The van der Waals surface area contributed by atoms with Gasteiger partial charge in [0.25, 0.3) is 5.91 Å². The predicted molar refractivity (Wildman–Crippen MR) is 91.6 cm³/mol. The number of amides is 1. The van der Waals surface area contributed by atoms with Gasteiger partial charge in [0.05, 0.1) is 21.3 Å². The van der Waals surface area contributed by atoms with Crippen molar-refractivity contribution in [1.82, 2.24) is 4.90 Å². The van der Waals surface area contributed by atoms with Gasteiger partial charge in [0.1, 0.15) is 6.04 Å². The van der Waals surface area contributed by atoms with Crippen LogP contribution in [-0.2, 0) is 9.53 Å². The van der Waals surface area contributed by atoms with E-state index in [9.17, 15) is 9.59 Å². The zero-order chi connectivity index (χ0) is 18.1. The molecule has 0 saturated carbocycles. The standard InChI is InChI=1S/C16H21NO5.C2H6/c1-20-13-8-7-11(10-14(13)21-2)15(18)17-9-5-4-6-12(17)16(19)22-3;1-2/h7-8,10,12H,4-6,9H2,1-3H3;1-2H3. The Labute approximate surface area is 143 Å². The molecule has 0 spiro atoms. The number of piperidine rings is 1. The highest BCUT2D eigenvalue weighted by atomic mass is 16.5. The number of ether oxygens (including phenoxy) is 3. The third-order valence-electron chi connectivity index (χ3n) is 3.87. The van der Waals surface area contributed by atoms with E-state index in [2.05, 4.69) is 0 Å². The van der Waals surface area contributed by atoms with Crippen molar-refractivity contribution in [3.05, 3.63) is 23.8 Å². The van der Waals surface area contributed by atoms with E-state index in [0.29, 0.717) is 30.0 Å². The predicted octanol–water partition coefficient (Wildman–Crippen LogP) is 2.90. The van der Waals surface area contributed by atoms with Crippen molar-refractivity contribution in [2.24, 2.45) is 0 Å². The summed E-state index contributed by atoms with van der Waals surface area (Å²) < 4.78 is 15.2. The lowest BCUT2D eigenvalue weighted by molar-refractivity contribution is -0.147. The Morgan fingerprint density at radius 2 is 1.71 bits per heavy atom. The Morgan fingerprint density at radius 1 is 1.04 bits per heavy atom. The Morgan fingerprint density at radius 3 is 2.29 bits per heavy atom. The van der Waals surface area contributed by atoms with Crippen molar-refractivity contribution in [3.63, 3.8) is 0 Å². The fourth-order valence-electron chi connectivity index (χ4n) is 2.69. The molecule has 6 heteroatoms. The average molecular weight is 337 g/mol. The molecule has 0 aliphatic carbocycles. The topological polar surface area (TPSA) is 65.1 Å². The quantitative estimate of drug-likeness (QED) is 0.791. The van der Waals surface area contributed by atoms with Crippen LogP contribution in [0.25, 0.3) is 0 Å². The van der Waals surface area contributed by atoms with Gasteiger partial charge < -0.3 is 19.1 Å². The normalized spacial score (nSPS) is 16.5. The molecular weight excluding hydrogens is 310 g/mol. The summed E-state index contributed by atoms with van der Waals surface area (Å²) in [7, 11) is 4.40. The molecule has 0 aromatic heterocycles. The van der Waals surface area contributed by atoms with E-state index in [0.717, 1.165) is 12.8 Å². The Hall–Kier alpha value is -2.24. The molecule has 1 aromatic rings. The van der Waals surface area contributed by atoms with E-state index >= 15 is 0 Å². The molecule has 1 aromatic carbocycles. The van der Waals surface area contributed by atoms with Crippen LogP contribution < -0.4 is 9.47 Å². The van der Waals surface area contributed by atoms with Gasteiger partial charge in [-0.25, -0.2) is 4.79 Å². The first-order valence-corrected chi connectivity index (χ1v) is 8.23. The number of rotatable bonds is 4. The molecule has 1 aliphatic heterocycles. The Kier molecular flexibility index (Phi) is 8.09. The SMILES string of the molecule is CC.COC(=O)C1CCCCN1C(=O)c1ccc(OC)c(OC)c1. The van der Waals surface area contributed by atoms with Gasteiger partial charge in [0.2, 0.25) is 0 Å². The van der Waals surface area contributed by atoms with Crippen LogP contribution >= 0.6 is 0 Å². The number of benzene rings is 1. The lowest BCUT2D eigenvalue weighted by Gasteiger charge is -2.33. The number of esters is 1. The van der Waals surface area contributed by atoms with Crippen LogP contribution in [0.5, 0.6) is 11.5 Å². The third-order valence-corrected chi connectivity index (χ3v) is 3.87. The van der Waals surface area contributed by atoms with Crippen molar-refractivity contribution < 1.29 is 23.8 Å². The number of nitrogens with zero attached hydrogens (tertiary/aromatic N) is 1. The molecule has 1 unspecified atom stereocenters. The van der Waals surface area contributed by atoms with Gasteiger partial charge in [-0.2, -0.15) is 0 Å². The lowest BCUT2D eigenvalue weighted by atomic mass is 10.0. The molecule has 0 radical (unpaired) electrons. The van der Waals surface area contributed by atoms with E-state index in [4.69, 9.17) is 14.2 Å². The van der Waals surface area contributed by atoms with Crippen LogP contribution in [0.2, 0.25) is 0 Å². The van der Waals surface area contributed by atoms with E-state index in [-0.39, 0.29) is 11.9 Å². The van der Waals surface area contributed by atoms with Gasteiger partial charge in [-0.3, -0.25) is 4.79 Å². The first kappa shape index (κ1) is 19.8. The van der Waals surface area contributed by atoms with Crippen LogP contribution in [0.4, 0.5) is 0 Å². The lowest BCUT2D eigenvalue weighted by Crippen LogP contribution is -2.48. The molecule has 6 nitrogen and oxygen atoms in total. The maximum absolute atomic E-state index is 12.7. The Balaban J connectivity index is 0.00000139. The highest BCUT2D eigenvalue weighted by Crippen LogP contribution is 2.29. The second kappa shape index (κ2) is 9.80. The molecule has 0 N–H and O–H groups in total. The number of carbonyl (C=O) groups is 2. The van der Waals surface area contributed by atoms with E-state index in [1.165, 1.54) is 21.3 Å². The summed E-state index contributed by atoms with van der Waals surface area (Å²) >= 11 is 0. The average Bonchev–Trinajstić information content (AvgIpc) is 2.67. The third kappa shape index (κ3) is 4.40. The number of likely N-dealkylation sites (tertiary alicyclic amines) is 1. The summed E-state index contributed by atoms with van der Waals surface area (Å²) in [4.78, 5) is 26.2. The monoisotopic (exact) mass is 337 g/mol. The summed E-state index contributed by atoms with van der Waals surface area (Å²) in [5, 5.41) is 0. The molecule has 1 aliphatic rings. The molecule has 24 heavy (non-hydrogen) atoms. The summed E-state index contributed by atoms with van der Waals surface area (Å²) in [6.45, 7) is 4.55. The van der Waals surface area contributed by atoms with Gasteiger partial charge in [0.15, 0.2) is 11.5 Å². The van der Waals surface area contributed by atoms with E-state index in [1.807, 2.05) is 13.8 Å². The van der Waals surface area contributed by atoms with Crippen molar-refractivity contribution in [2.45, 2.75) is 39.2 Å². The largest absolute Gasteiger partial charge is 0.493 e. The molecule has 1 saturated heterocycles. The van der Waals surface area contributed by atoms with Gasteiger partial charge in [-0.1, -0.05) is 13.8 Å². The second-order valence-electron chi connectivity index (χ2n) is 5.10. The molecule has 134 valence electrons. The van der Waals surface area contributed by atoms with Gasteiger partial charge in [-0.15, -0.1) is 0 Å². The molecular formula is C18H27NO5. The minimum atomic E-state index is -0.514. The van der Waals surface area contributed by atoms with Crippen LogP contribution in [-0.4, -0.2) is 50.7 Å². The Bertz CT molecular complexity index is 558. The molecule has 1 heterocycles. The van der Waals surface area contributed by atoms with Crippen LogP contribution in [0, 0.1) is 0 Å². The molecule has 2 rings (SSSR count). The van der Waals surface area contributed by atoms with Gasteiger partial charge in [-0.05, 0) is 37.5 Å². The fraction of sp³-hybridized carbons (Fsp3) is 0.556. The summed E-state index contributed by atoms with van der Waals surface area (Å²) in [6, 6.07) is 4.47. The van der Waals surface area contributed by atoms with Gasteiger partial charge >= 0.3 is 5.97 Å². The molecule has 1 fully saturated rings. The van der Waals surface area contributed by atoms with E-state index < -0.39 is 6.04 Å². The van der Waals surface area contributed by atoms with E-state index in [1.54, 1.807) is 23.1 Å². The van der Waals surface area contributed by atoms with Crippen molar-refractivity contribution in [3.8, 4) is 11.5 Å². The summed E-state index contributed by atoms with van der Waals surface area (Å²) in [6.07, 6.45) is 2.42. The zero-order valence-corrected chi connectivity index (χ0v) is 15.1. The van der Waals surface area contributed by atoms with Gasteiger partial charge in [0, 0.05) is 12.1 Å². The van der Waals surface area contributed by atoms with Crippen LogP contribution in [0.1, 0.15) is 43.5 Å². The molecule has 1 atom stereocenters. The van der Waals surface area contributed by atoms with Crippen LogP contribution in [0.3, 0.4) is 0 Å². The highest BCUT2D eigenvalue weighted by Gasteiger charge is 2.33. The fourth-order valence-corrected chi connectivity index (χ4v) is 2.69. The van der Waals surface area contributed by atoms with Crippen molar-refractivity contribution in [2.75, 3.05) is 27.9 Å². The van der Waals surface area contributed by atoms with Crippen LogP contribution in [0.15, 0.2) is 18.2 Å². The molecule has 0 bridgehead atoms. The van der Waals surface area contributed by atoms with Crippen molar-refractivity contribution in [1.29, 1.82) is 0 Å². The number of hydrogen-bond acceptors (Lipinski definition) is 5. The maximum atomic E-state index is 12.7. The number of methoxy groups -OCH3 is 3. The smallest absolute Gasteiger partial charge is 0.328 e. The number of carbonyl (C=O) groups excluding carboxylic acids is 2. The highest BCUT2D eigenvalue weighted by molar-refractivity contribution is 5.97. The maximum Gasteiger partial charge on any atom is 0.328 e. The van der Waals surface area contributed by atoms with Crippen molar-refractivity contribution >= 4 is 11.9 Å². The first-order valence-electron chi connectivity index (χ1n) is 8.23.